The number of benzene rings is 1. The normalized spacial score (nSPS) is 30.0. The molecule has 3 unspecified atom stereocenters. The second-order valence-electron chi connectivity index (χ2n) is 10.3. The van der Waals surface area contributed by atoms with E-state index in [2.05, 4.69) is 39.4 Å². The molecule has 2 saturated heterocycles. The van der Waals surface area contributed by atoms with Crippen molar-refractivity contribution in [3.05, 3.63) is 35.4 Å². The Morgan fingerprint density at radius 1 is 0.900 bits per heavy atom. The first-order valence-electron chi connectivity index (χ1n) is 12.6. The maximum atomic E-state index is 12.8. The van der Waals surface area contributed by atoms with Crippen LogP contribution in [-0.2, 0) is 6.42 Å². The first-order valence-corrected chi connectivity index (χ1v) is 12.6. The summed E-state index contributed by atoms with van der Waals surface area (Å²) >= 11 is 0. The summed E-state index contributed by atoms with van der Waals surface area (Å²) in [4.78, 5) is 17.6. The lowest BCUT2D eigenvalue weighted by Crippen LogP contribution is -2.43. The topological polar surface area (TPSA) is 35.6 Å². The molecule has 2 aliphatic carbocycles. The molecule has 2 amide bonds. The fraction of sp³-hybridized carbons (Fsp3) is 0.731. The van der Waals surface area contributed by atoms with E-state index in [-0.39, 0.29) is 6.03 Å². The van der Waals surface area contributed by atoms with Gasteiger partial charge in [-0.2, -0.15) is 0 Å². The molecule has 1 N–H and O–H groups in total. The van der Waals surface area contributed by atoms with Crippen LogP contribution in [0.2, 0.25) is 0 Å². The molecule has 0 radical (unpaired) electrons. The van der Waals surface area contributed by atoms with Crippen LogP contribution in [0.5, 0.6) is 0 Å². The predicted octanol–water partition coefficient (Wildman–Crippen LogP) is 4.79. The van der Waals surface area contributed by atoms with Gasteiger partial charge in [-0.05, 0) is 86.9 Å². The summed E-state index contributed by atoms with van der Waals surface area (Å²) < 4.78 is 0. The second-order valence-corrected chi connectivity index (χ2v) is 10.3. The van der Waals surface area contributed by atoms with Gasteiger partial charge >= 0.3 is 6.03 Å². The Morgan fingerprint density at radius 3 is 2.43 bits per heavy atom. The molecule has 3 atom stereocenters. The molecule has 0 bridgehead atoms. The van der Waals surface area contributed by atoms with Crippen molar-refractivity contribution in [2.75, 3.05) is 32.7 Å². The predicted molar refractivity (Wildman–Crippen MR) is 122 cm³/mol. The van der Waals surface area contributed by atoms with Crippen molar-refractivity contribution in [1.82, 2.24) is 15.1 Å². The number of hydrogen-bond donors (Lipinski definition) is 1. The zero-order valence-electron chi connectivity index (χ0n) is 18.5. The van der Waals surface area contributed by atoms with E-state index in [9.17, 15) is 4.79 Å². The summed E-state index contributed by atoms with van der Waals surface area (Å²) in [6.07, 6.45) is 12.7. The highest BCUT2D eigenvalue weighted by Gasteiger charge is 2.42. The molecule has 4 aliphatic rings. The summed E-state index contributed by atoms with van der Waals surface area (Å²) in [5.74, 6) is 1.96. The smallest absolute Gasteiger partial charge is 0.317 e. The zero-order valence-corrected chi connectivity index (χ0v) is 18.5. The van der Waals surface area contributed by atoms with Gasteiger partial charge in [0.15, 0.2) is 0 Å². The first kappa shape index (κ1) is 20.4. The van der Waals surface area contributed by atoms with Crippen LogP contribution in [0.3, 0.4) is 0 Å². The van der Waals surface area contributed by atoms with E-state index in [1.54, 1.807) is 0 Å². The van der Waals surface area contributed by atoms with Crippen molar-refractivity contribution < 1.29 is 4.79 Å². The number of fused-ring (bicyclic) bond motifs is 1. The van der Waals surface area contributed by atoms with Crippen LogP contribution in [0.1, 0.15) is 74.8 Å². The molecule has 2 heterocycles. The highest BCUT2D eigenvalue weighted by Crippen LogP contribution is 2.45. The Morgan fingerprint density at radius 2 is 1.67 bits per heavy atom. The number of amides is 2. The summed E-state index contributed by atoms with van der Waals surface area (Å²) in [7, 11) is 0. The quantitative estimate of drug-likeness (QED) is 0.759. The SMILES string of the molecule is O=C(NC1CCCC1)N1CC2CCCC(c3ccc(CCN4CCCC4)cc3)C2C1. The fourth-order valence-electron chi connectivity index (χ4n) is 6.61. The highest BCUT2D eigenvalue weighted by atomic mass is 16.2. The van der Waals surface area contributed by atoms with E-state index in [1.165, 1.54) is 95.0 Å². The van der Waals surface area contributed by atoms with Crippen LogP contribution >= 0.6 is 0 Å². The standard InChI is InChI=1S/C26H39N3O/c30-26(27-23-7-1-2-8-23)29-18-22-6-5-9-24(25(22)19-29)21-12-10-20(11-13-21)14-17-28-15-3-4-16-28/h10-13,22-25H,1-9,14-19H2,(H,27,30). The molecule has 5 rings (SSSR count). The Hall–Kier alpha value is -1.55. The van der Waals surface area contributed by atoms with Crippen LogP contribution in [0.4, 0.5) is 4.79 Å². The number of likely N-dealkylation sites (tertiary alicyclic amines) is 2. The molecule has 1 aromatic rings. The lowest BCUT2D eigenvalue weighted by Gasteiger charge is -2.33. The number of urea groups is 1. The molecule has 4 nitrogen and oxygen atoms in total. The Bertz CT molecular complexity index is 705. The van der Waals surface area contributed by atoms with Crippen molar-refractivity contribution in [3.63, 3.8) is 0 Å². The van der Waals surface area contributed by atoms with Gasteiger partial charge in [0, 0.05) is 25.7 Å². The van der Waals surface area contributed by atoms with Crippen LogP contribution in [0, 0.1) is 11.8 Å². The van der Waals surface area contributed by atoms with E-state index in [4.69, 9.17) is 0 Å². The molecular formula is C26H39N3O. The van der Waals surface area contributed by atoms with E-state index >= 15 is 0 Å². The summed E-state index contributed by atoms with van der Waals surface area (Å²) in [5.41, 5.74) is 2.98. The molecule has 4 fully saturated rings. The molecule has 164 valence electrons. The molecular weight excluding hydrogens is 370 g/mol. The van der Waals surface area contributed by atoms with Crippen molar-refractivity contribution in [1.29, 1.82) is 0 Å². The number of nitrogens with one attached hydrogen (secondary N) is 1. The zero-order chi connectivity index (χ0) is 20.3. The van der Waals surface area contributed by atoms with Crippen molar-refractivity contribution in [3.8, 4) is 0 Å². The highest BCUT2D eigenvalue weighted by molar-refractivity contribution is 5.75. The van der Waals surface area contributed by atoms with Crippen LogP contribution in [-0.4, -0.2) is 54.6 Å². The van der Waals surface area contributed by atoms with Gasteiger partial charge in [-0.15, -0.1) is 0 Å². The lowest BCUT2D eigenvalue weighted by molar-refractivity contribution is 0.202. The third kappa shape index (κ3) is 4.54. The molecule has 30 heavy (non-hydrogen) atoms. The van der Waals surface area contributed by atoms with Gasteiger partial charge in [0.2, 0.25) is 0 Å². The number of carbonyl (C=O) groups excluding carboxylic acids is 1. The molecule has 0 aromatic heterocycles. The average molecular weight is 410 g/mol. The molecule has 0 spiro atoms. The van der Waals surface area contributed by atoms with E-state index < -0.39 is 0 Å². The summed E-state index contributed by atoms with van der Waals surface area (Å²) in [6.45, 7) is 5.69. The van der Waals surface area contributed by atoms with Crippen molar-refractivity contribution in [2.45, 2.75) is 76.2 Å². The van der Waals surface area contributed by atoms with Gasteiger partial charge in [0.1, 0.15) is 0 Å². The Labute approximate surface area is 182 Å². The van der Waals surface area contributed by atoms with Gasteiger partial charge in [-0.25, -0.2) is 4.79 Å². The lowest BCUT2D eigenvalue weighted by atomic mass is 9.71. The minimum atomic E-state index is 0.201. The monoisotopic (exact) mass is 409 g/mol. The van der Waals surface area contributed by atoms with E-state index in [0.29, 0.717) is 23.8 Å². The largest absolute Gasteiger partial charge is 0.335 e. The van der Waals surface area contributed by atoms with E-state index in [0.717, 1.165) is 13.1 Å². The number of nitrogens with zero attached hydrogens (tertiary/aromatic N) is 2. The Balaban J connectivity index is 1.18. The average Bonchev–Trinajstić information content (AvgIpc) is 3.53. The van der Waals surface area contributed by atoms with Gasteiger partial charge < -0.3 is 15.1 Å². The van der Waals surface area contributed by atoms with Crippen LogP contribution in [0.15, 0.2) is 24.3 Å². The third-order valence-corrected chi connectivity index (χ3v) is 8.39. The van der Waals surface area contributed by atoms with Crippen molar-refractivity contribution >= 4 is 6.03 Å². The minimum absolute atomic E-state index is 0.201. The summed E-state index contributed by atoms with van der Waals surface area (Å²) in [5, 5.41) is 3.31. The molecule has 2 saturated carbocycles. The maximum absolute atomic E-state index is 12.8. The summed E-state index contributed by atoms with van der Waals surface area (Å²) in [6, 6.07) is 10.2. The van der Waals surface area contributed by atoms with Gasteiger partial charge in [0.25, 0.3) is 0 Å². The van der Waals surface area contributed by atoms with E-state index in [1.807, 2.05) is 0 Å². The van der Waals surface area contributed by atoms with Gasteiger partial charge in [-0.1, -0.05) is 43.5 Å². The van der Waals surface area contributed by atoms with Crippen LogP contribution < -0.4 is 5.32 Å². The second kappa shape index (κ2) is 9.30. The number of carbonyl (C=O) groups is 1. The maximum Gasteiger partial charge on any atom is 0.317 e. The molecule has 2 aliphatic heterocycles. The number of hydrogen-bond acceptors (Lipinski definition) is 2. The van der Waals surface area contributed by atoms with Gasteiger partial charge in [0.05, 0.1) is 0 Å². The van der Waals surface area contributed by atoms with Crippen LogP contribution in [0.25, 0.3) is 0 Å². The van der Waals surface area contributed by atoms with Gasteiger partial charge in [-0.3, -0.25) is 0 Å². The Kier molecular flexibility index (Phi) is 6.31. The van der Waals surface area contributed by atoms with Crippen molar-refractivity contribution in [2.24, 2.45) is 11.8 Å². The molecule has 1 aromatic carbocycles. The third-order valence-electron chi connectivity index (χ3n) is 8.39. The minimum Gasteiger partial charge on any atom is -0.335 e. The first-order chi connectivity index (χ1) is 14.8. The number of rotatable bonds is 5. The fourth-order valence-corrected chi connectivity index (χ4v) is 6.61. The molecule has 4 heteroatoms.